The van der Waals surface area contributed by atoms with E-state index in [1.165, 1.54) is 5.56 Å². The van der Waals surface area contributed by atoms with Crippen LogP contribution in [-0.4, -0.2) is 53.5 Å². The minimum absolute atomic E-state index is 0. The highest BCUT2D eigenvalue weighted by atomic mass is 127. The van der Waals surface area contributed by atoms with Crippen molar-refractivity contribution in [1.29, 1.82) is 0 Å². The maximum atomic E-state index is 5.32. The van der Waals surface area contributed by atoms with Crippen molar-refractivity contribution in [3.63, 3.8) is 0 Å². The zero-order valence-electron chi connectivity index (χ0n) is 15.1. The molecule has 138 valence electrons. The molecule has 0 saturated carbocycles. The van der Waals surface area contributed by atoms with Crippen molar-refractivity contribution >= 4 is 29.9 Å². The predicted octanol–water partition coefficient (Wildman–Crippen LogP) is 2.46. The molecule has 1 aromatic carbocycles. The van der Waals surface area contributed by atoms with Crippen LogP contribution < -0.4 is 20.1 Å². The number of halogens is 1. The van der Waals surface area contributed by atoms with Crippen molar-refractivity contribution in [3.8, 4) is 11.5 Å². The molecule has 0 fully saturated rings. The van der Waals surface area contributed by atoms with Gasteiger partial charge >= 0.3 is 0 Å². The van der Waals surface area contributed by atoms with Gasteiger partial charge < -0.3 is 24.8 Å². The fourth-order valence-corrected chi connectivity index (χ4v) is 2.11. The average Bonchev–Trinajstić information content (AvgIpc) is 2.59. The Bertz CT molecular complexity index is 484. The lowest BCUT2D eigenvalue weighted by Crippen LogP contribution is -2.39. The smallest absolute Gasteiger partial charge is 0.190 e. The average molecular weight is 451 g/mol. The summed E-state index contributed by atoms with van der Waals surface area (Å²) in [6, 6.07) is 5.97. The number of aliphatic imine (C=N–C) groups is 1. The molecule has 0 atom stereocenters. The summed E-state index contributed by atoms with van der Waals surface area (Å²) in [5, 5.41) is 6.57. The molecular formula is C17H30IN3O3. The van der Waals surface area contributed by atoms with E-state index in [2.05, 4.69) is 15.6 Å². The van der Waals surface area contributed by atoms with Gasteiger partial charge in [-0.25, -0.2) is 0 Å². The first-order valence-corrected chi connectivity index (χ1v) is 7.98. The van der Waals surface area contributed by atoms with Gasteiger partial charge in [-0.2, -0.15) is 0 Å². The lowest BCUT2D eigenvalue weighted by atomic mass is 10.1. The second-order valence-electron chi connectivity index (χ2n) is 4.92. The molecule has 24 heavy (non-hydrogen) atoms. The van der Waals surface area contributed by atoms with E-state index in [-0.39, 0.29) is 24.0 Å². The van der Waals surface area contributed by atoms with Gasteiger partial charge in [0.05, 0.1) is 14.2 Å². The Morgan fingerprint density at radius 2 is 1.79 bits per heavy atom. The third-order valence-corrected chi connectivity index (χ3v) is 3.34. The number of hydrogen-bond acceptors (Lipinski definition) is 4. The molecule has 0 unspecified atom stereocenters. The highest BCUT2D eigenvalue weighted by Crippen LogP contribution is 2.27. The molecule has 7 heteroatoms. The van der Waals surface area contributed by atoms with Gasteiger partial charge in [0.1, 0.15) is 0 Å². The highest BCUT2D eigenvalue weighted by Gasteiger charge is 2.04. The first kappa shape index (κ1) is 22.8. The van der Waals surface area contributed by atoms with E-state index in [0.717, 1.165) is 56.6 Å². The normalized spacial score (nSPS) is 10.8. The summed E-state index contributed by atoms with van der Waals surface area (Å²) in [7, 11) is 5.06. The molecule has 1 aromatic rings. The lowest BCUT2D eigenvalue weighted by Gasteiger charge is -2.13. The number of nitrogens with zero attached hydrogens (tertiary/aromatic N) is 1. The first-order chi connectivity index (χ1) is 11.2. The van der Waals surface area contributed by atoms with Gasteiger partial charge in [0.15, 0.2) is 17.5 Å². The molecule has 0 saturated heterocycles. The minimum atomic E-state index is 0. The fourth-order valence-electron chi connectivity index (χ4n) is 2.11. The zero-order chi connectivity index (χ0) is 16.9. The quantitative estimate of drug-likeness (QED) is 0.248. The summed E-state index contributed by atoms with van der Waals surface area (Å²) in [4.78, 5) is 4.21. The molecule has 2 N–H and O–H groups in total. The summed E-state index contributed by atoms with van der Waals surface area (Å²) in [6.07, 6.45) is 1.84. The Balaban J connectivity index is 0.00000529. The summed E-state index contributed by atoms with van der Waals surface area (Å²) < 4.78 is 15.9. The van der Waals surface area contributed by atoms with Crippen molar-refractivity contribution in [2.24, 2.45) is 4.99 Å². The third kappa shape index (κ3) is 8.58. The Morgan fingerprint density at radius 3 is 2.42 bits per heavy atom. The maximum Gasteiger partial charge on any atom is 0.190 e. The number of rotatable bonds is 10. The van der Waals surface area contributed by atoms with Crippen molar-refractivity contribution in [2.75, 3.05) is 47.6 Å². The second kappa shape index (κ2) is 14.2. The number of nitrogens with one attached hydrogen (secondary N) is 2. The Kier molecular flexibility index (Phi) is 13.4. The van der Waals surface area contributed by atoms with Crippen molar-refractivity contribution < 1.29 is 14.2 Å². The van der Waals surface area contributed by atoms with Gasteiger partial charge in [0.25, 0.3) is 0 Å². The fraction of sp³-hybridized carbons (Fsp3) is 0.588. The van der Waals surface area contributed by atoms with Crippen molar-refractivity contribution in [1.82, 2.24) is 10.6 Å². The largest absolute Gasteiger partial charge is 0.493 e. The van der Waals surface area contributed by atoms with Gasteiger partial charge in [0.2, 0.25) is 0 Å². The van der Waals surface area contributed by atoms with Gasteiger partial charge in [-0.1, -0.05) is 6.07 Å². The molecule has 0 spiro atoms. The lowest BCUT2D eigenvalue weighted by molar-refractivity contribution is 0.145. The van der Waals surface area contributed by atoms with E-state index in [4.69, 9.17) is 14.2 Å². The van der Waals surface area contributed by atoms with E-state index in [1.54, 1.807) is 21.3 Å². The minimum Gasteiger partial charge on any atom is -0.493 e. The SMILES string of the molecule is CCOCCCNC(=NC)NCCc1ccc(OC)c(OC)c1.I. The molecular weight excluding hydrogens is 421 g/mol. The van der Waals surface area contributed by atoms with E-state index >= 15 is 0 Å². The second-order valence-corrected chi connectivity index (χ2v) is 4.92. The molecule has 0 amide bonds. The van der Waals surface area contributed by atoms with Crippen LogP contribution in [-0.2, 0) is 11.2 Å². The van der Waals surface area contributed by atoms with Crippen LogP contribution in [0.2, 0.25) is 0 Å². The molecule has 0 aliphatic rings. The number of ether oxygens (including phenoxy) is 3. The van der Waals surface area contributed by atoms with Gasteiger partial charge in [-0.15, -0.1) is 24.0 Å². The van der Waals surface area contributed by atoms with Crippen LogP contribution in [0.1, 0.15) is 18.9 Å². The van der Waals surface area contributed by atoms with Crippen LogP contribution in [0.3, 0.4) is 0 Å². The molecule has 0 heterocycles. The van der Waals surface area contributed by atoms with E-state index < -0.39 is 0 Å². The molecule has 0 radical (unpaired) electrons. The van der Waals surface area contributed by atoms with Crippen LogP contribution in [0.4, 0.5) is 0 Å². The number of benzene rings is 1. The Labute approximate surface area is 162 Å². The standard InChI is InChI=1S/C17H29N3O3.HI/c1-5-23-12-6-10-19-17(18-2)20-11-9-14-7-8-15(21-3)16(13-14)22-4;/h7-8,13H,5-6,9-12H2,1-4H3,(H2,18,19,20);1H. The third-order valence-electron chi connectivity index (χ3n) is 3.34. The van der Waals surface area contributed by atoms with Crippen molar-refractivity contribution in [2.45, 2.75) is 19.8 Å². The Morgan fingerprint density at radius 1 is 1.08 bits per heavy atom. The Hall–Kier alpha value is -1.22. The highest BCUT2D eigenvalue weighted by molar-refractivity contribution is 14.0. The van der Waals surface area contributed by atoms with Crippen molar-refractivity contribution in [3.05, 3.63) is 23.8 Å². The summed E-state index contributed by atoms with van der Waals surface area (Å²) in [5.41, 5.74) is 1.18. The molecule has 0 bridgehead atoms. The van der Waals surface area contributed by atoms with Gasteiger partial charge in [-0.3, -0.25) is 4.99 Å². The summed E-state index contributed by atoms with van der Waals surface area (Å²) in [6.45, 7) is 5.17. The van der Waals surface area contributed by atoms with E-state index in [1.807, 2.05) is 25.1 Å². The van der Waals surface area contributed by atoms with Crippen LogP contribution in [0, 0.1) is 0 Å². The molecule has 1 rings (SSSR count). The van der Waals surface area contributed by atoms with Crippen LogP contribution >= 0.6 is 24.0 Å². The number of hydrogen-bond donors (Lipinski definition) is 2. The number of methoxy groups -OCH3 is 2. The van der Waals surface area contributed by atoms with E-state index in [0.29, 0.717) is 0 Å². The zero-order valence-corrected chi connectivity index (χ0v) is 17.4. The summed E-state index contributed by atoms with van der Waals surface area (Å²) in [5.74, 6) is 2.31. The molecule has 0 aliphatic carbocycles. The number of guanidine groups is 1. The van der Waals surface area contributed by atoms with Gasteiger partial charge in [-0.05, 0) is 37.5 Å². The maximum absolute atomic E-state index is 5.32. The molecule has 0 aromatic heterocycles. The monoisotopic (exact) mass is 451 g/mol. The van der Waals surface area contributed by atoms with Crippen LogP contribution in [0.5, 0.6) is 11.5 Å². The summed E-state index contributed by atoms with van der Waals surface area (Å²) >= 11 is 0. The van der Waals surface area contributed by atoms with E-state index in [9.17, 15) is 0 Å². The first-order valence-electron chi connectivity index (χ1n) is 7.98. The molecule has 0 aliphatic heterocycles. The van der Waals surface area contributed by atoms with Crippen LogP contribution in [0.15, 0.2) is 23.2 Å². The topological polar surface area (TPSA) is 64.1 Å². The van der Waals surface area contributed by atoms with Gasteiger partial charge in [0, 0.05) is 33.4 Å². The predicted molar refractivity (Wildman–Crippen MR) is 109 cm³/mol. The molecule has 6 nitrogen and oxygen atoms in total. The van der Waals surface area contributed by atoms with Crippen LogP contribution in [0.25, 0.3) is 0 Å².